The molecule has 1 amide bonds. The number of ether oxygens (including phenoxy) is 1. The highest BCUT2D eigenvalue weighted by atomic mass is 16.6. The molecule has 0 unspecified atom stereocenters. The fraction of sp³-hybridized carbons (Fsp3) is 0.923. The van der Waals surface area contributed by atoms with Crippen molar-refractivity contribution < 1.29 is 9.53 Å². The molecule has 4 nitrogen and oxygen atoms in total. The van der Waals surface area contributed by atoms with Gasteiger partial charge >= 0.3 is 6.09 Å². The van der Waals surface area contributed by atoms with Gasteiger partial charge in [0.15, 0.2) is 0 Å². The second kappa shape index (κ2) is 6.24. The van der Waals surface area contributed by atoms with Crippen LogP contribution in [0.1, 0.15) is 45.4 Å². The number of amides is 1. The van der Waals surface area contributed by atoms with Crippen LogP contribution in [-0.2, 0) is 4.74 Å². The van der Waals surface area contributed by atoms with E-state index in [1.165, 1.54) is 12.8 Å². The first-order valence-electron chi connectivity index (χ1n) is 6.92. The van der Waals surface area contributed by atoms with Crippen LogP contribution in [0.3, 0.4) is 0 Å². The Bertz CT molecular complexity index is 244. The summed E-state index contributed by atoms with van der Waals surface area (Å²) in [6.45, 7) is 4.20. The third-order valence-electron chi connectivity index (χ3n) is 3.90. The summed E-state index contributed by atoms with van der Waals surface area (Å²) in [5.41, 5.74) is 0. The average Bonchev–Trinajstić information content (AvgIpc) is 2.33. The predicted molar refractivity (Wildman–Crippen MR) is 66.9 cm³/mol. The van der Waals surface area contributed by atoms with Crippen LogP contribution in [0.2, 0.25) is 0 Å². The molecule has 0 aromatic carbocycles. The molecule has 1 saturated heterocycles. The van der Waals surface area contributed by atoms with Gasteiger partial charge in [-0.05, 0) is 57.5 Å². The van der Waals surface area contributed by atoms with Crippen molar-refractivity contribution in [1.29, 1.82) is 0 Å². The van der Waals surface area contributed by atoms with Crippen molar-refractivity contribution in [3.8, 4) is 0 Å². The van der Waals surface area contributed by atoms with Gasteiger partial charge in [0.05, 0.1) is 0 Å². The summed E-state index contributed by atoms with van der Waals surface area (Å²) in [5, 5.41) is 6.27. The summed E-state index contributed by atoms with van der Waals surface area (Å²) in [4.78, 5) is 11.7. The standard InChI is InChI=1S/C13H24N2O2/c1-10-2-4-11(5-3-10)15-13(16)17-12-6-8-14-9-7-12/h10-12,14H,2-9H2,1H3,(H,15,16)/t10-,11-. The largest absolute Gasteiger partial charge is 0.446 e. The van der Waals surface area contributed by atoms with E-state index >= 15 is 0 Å². The number of hydrogen-bond acceptors (Lipinski definition) is 3. The lowest BCUT2D eigenvalue weighted by Gasteiger charge is -2.28. The van der Waals surface area contributed by atoms with Gasteiger partial charge in [0.25, 0.3) is 0 Å². The van der Waals surface area contributed by atoms with Gasteiger partial charge in [-0.25, -0.2) is 4.79 Å². The molecule has 4 heteroatoms. The molecule has 0 spiro atoms. The zero-order chi connectivity index (χ0) is 12.1. The number of alkyl carbamates (subject to hydrolysis) is 1. The molecule has 2 rings (SSSR count). The highest BCUT2D eigenvalue weighted by Crippen LogP contribution is 2.23. The SMILES string of the molecule is C[C@H]1CC[C@H](NC(=O)OC2CCNCC2)CC1. The highest BCUT2D eigenvalue weighted by Gasteiger charge is 2.22. The number of nitrogens with one attached hydrogen (secondary N) is 2. The first kappa shape index (κ1) is 12.7. The Morgan fingerprint density at radius 2 is 1.76 bits per heavy atom. The molecule has 1 saturated carbocycles. The highest BCUT2D eigenvalue weighted by molar-refractivity contribution is 5.67. The molecule has 0 radical (unpaired) electrons. The second-order valence-electron chi connectivity index (χ2n) is 5.46. The minimum atomic E-state index is -0.212. The van der Waals surface area contributed by atoms with Crippen molar-refractivity contribution in [2.45, 2.75) is 57.6 Å². The molecular weight excluding hydrogens is 216 g/mol. The van der Waals surface area contributed by atoms with Crippen LogP contribution in [0.4, 0.5) is 4.79 Å². The Hall–Kier alpha value is -0.770. The maximum absolute atomic E-state index is 11.7. The van der Waals surface area contributed by atoms with Crippen molar-refractivity contribution in [3.63, 3.8) is 0 Å². The van der Waals surface area contributed by atoms with Crippen molar-refractivity contribution in [2.75, 3.05) is 13.1 Å². The molecule has 1 aliphatic carbocycles. The predicted octanol–water partition coefficient (Wildman–Crippen LogP) is 2.04. The molecule has 2 N–H and O–H groups in total. The normalized spacial score (nSPS) is 30.9. The summed E-state index contributed by atoms with van der Waals surface area (Å²) in [6.07, 6.45) is 6.42. The minimum Gasteiger partial charge on any atom is -0.446 e. The average molecular weight is 240 g/mol. The number of piperidine rings is 1. The van der Waals surface area contributed by atoms with Crippen LogP contribution in [0, 0.1) is 5.92 Å². The van der Waals surface area contributed by atoms with E-state index in [9.17, 15) is 4.79 Å². The van der Waals surface area contributed by atoms with Crippen molar-refractivity contribution in [3.05, 3.63) is 0 Å². The fourth-order valence-corrected chi connectivity index (χ4v) is 2.67. The first-order valence-corrected chi connectivity index (χ1v) is 6.92. The monoisotopic (exact) mass is 240 g/mol. The lowest BCUT2D eigenvalue weighted by molar-refractivity contribution is 0.0748. The zero-order valence-corrected chi connectivity index (χ0v) is 10.7. The van der Waals surface area contributed by atoms with E-state index in [-0.39, 0.29) is 12.2 Å². The van der Waals surface area contributed by atoms with Crippen molar-refractivity contribution in [2.24, 2.45) is 5.92 Å². The van der Waals surface area contributed by atoms with Crippen LogP contribution in [-0.4, -0.2) is 31.3 Å². The summed E-state index contributed by atoms with van der Waals surface area (Å²) in [6, 6.07) is 0.334. The summed E-state index contributed by atoms with van der Waals surface area (Å²) in [5.74, 6) is 0.813. The summed E-state index contributed by atoms with van der Waals surface area (Å²) in [7, 11) is 0. The van der Waals surface area contributed by atoms with Gasteiger partial charge in [-0.1, -0.05) is 6.92 Å². The third-order valence-corrected chi connectivity index (χ3v) is 3.90. The van der Waals surface area contributed by atoms with Crippen LogP contribution in [0.25, 0.3) is 0 Å². The van der Waals surface area contributed by atoms with Crippen LogP contribution < -0.4 is 10.6 Å². The van der Waals surface area contributed by atoms with Crippen LogP contribution in [0.5, 0.6) is 0 Å². The van der Waals surface area contributed by atoms with Gasteiger partial charge in [0, 0.05) is 6.04 Å². The third kappa shape index (κ3) is 4.19. The van der Waals surface area contributed by atoms with Crippen LogP contribution in [0.15, 0.2) is 0 Å². The second-order valence-corrected chi connectivity index (χ2v) is 5.46. The molecule has 1 heterocycles. The maximum Gasteiger partial charge on any atom is 0.407 e. The molecule has 98 valence electrons. The van der Waals surface area contributed by atoms with Crippen LogP contribution >= 0.6 is 0 Å². The zero-order valence-electron chi connectivity index (χ0n) is 10.7. The van der Waals surface area contributed by atoms with E-state index in [1.807, 2.05) is 0 Å². The van der Waals surface area contributed by atoms with E-state index in [4.69, 9.17) is 4.74 Å². The Kier molecular flexibility index (Phi) is 4.66. The smallest absolute Gasteiger partial charge is 0.407 e. The molecule has 17 heavy (non-hydrogen) atoms. The molecule has 0 bridgehead atoms. The fourth-order valence-electron chi connectivity index (χ4n) is 2.67. The van der Waals surface area contributed by atoms with Gasteiger partial charge in [-0.3, -0.25) is 0 Å². The molecular formula is C13H24N2O2. The lowest BCUT2D eigenvalue weighted by atomic mass is 9.87. The molecule has 0 aromatic heterocycles. The van der Waals surface area contributed by atoms with Gasteiger partial charge < -0.3 is 15.4 Å². The first-order chi connectivity index (χ1) is 8.24. The number of hydrogen-bond donors (Lipinski definition) is 2. The molecule has 0 atom stereocenters. The van der Waals surface area contributed by atoms with E-state index in [1.54, 1.807) is 0 Å². The van der Waals surface area contributed by atoms with Crippen molar-refractivity contribution >= 4 is 6.09 Å². The van der Waals surface area contributed by atoms with E-state index < -0.39 is 0 Å². The lowest BCUT2D eigenvalue weighted by Crippen LogP contribution is -2.41. The Balaban J connectivity index is 1.66. The maximum atomic E-state index is 11.7. The Labute approximate surface area is 103 Å². The Morgan fingerprint density at radius 1 is 1.12 bits per heavy atom. The van der Waals surface area contributed by atoms with E-state index in [0.29, 0.717) is 6.04 Å². The summed E-state index contributed by atoms with van der Waals surface area (Å²) < 4.78 is 5.43. The molecule has 1 aliphatic heterocycles. The minimum absolute atomic E-state index is 0.110. The number of carbonyl (C=O) groups is 1. The van der Waals surface area contributed by atoms with Gasteiger partial charge in [-0.15, -0.1) is 0 Å². The molecule has 0 aromatic rings. The Morgan fingerprint density at radius 3 is 2.41 bits per heavy atom. The quantitative estimate of drug-likeness (QED) is 0.776. The van der Waals surface area contributed by atoms with Crippen molar-refractivity contribution in [1.82, 2.24) is 10.6 Å². The van der Waals surface area contributed by atoms with Gasteiger partial charge in [0.2, 0.25) is 0 Å². The number of carbonyl (C=O) groups excluding carboxylic acids is 1. The van der Waals surface area contributed by atoms with Gasteiger partial charge in [-0.2, -0.15) is 0 Å². The number of rotatable bonds is 2. The summed E-state index contributed by atoms with van der Waals surface area (Å²) >= 11 is 0. The van der Waals surface area contributed by atoms with E-state index in [2.05, 4.69) is 17.6 Å². The van der Waals surface area contributed by atoms with Gasteiger partial charge in [0.1, 0.15) is 6.10 Å². The molecule has 2 aliphatic rings. The topological polar surface area (TPSA) is 50.4 Å². The van der Waals surface area contributed by atoms with E-state index in [0.717, 1.165) is 44.7 Å². The molecule has 2 fully saturated rings.